The van der Waals surface area contributed by atoms with E-state index in [4.69, 9.17) is 0 Å². The molecular weight excluding hydrogens is 329 g/mol. The Hall–Kier alpha value is -2.95. The first kappa shape index (κ1) is 16.5. The van der Waals surface area contributed by atoms with E-state index >= 15 is 0 Å². The van der Waals surface area contributed by atoms with Gasteiger partial charge in [-0.3, -0.25) is 4.79 Å². The molecule has 0 unspecified atom stereocenters. The van der Waals surface area contributed by atoms with Crippen molar-refractivity contribution in [3.63, 3.8) is 0 Å². The van der Waals surface area contributed by atoms with Gasteiger partial charge in [-0.15, -0.1) is 0 Å². The zero-order valence-electron chi connectivity index (χ0n) is 14.8. The number of fused-ring (bicyclic) bond motifs is 1. The second-order valence-electron chi connectivity index (χ2n) is 6.72. The molecule has 0 saturated carbocycles. The number of nitrogens with zero attached hydrogens (tertiary/aromatic N) is 2. The maximum atomic E-state index is 13.2. The topological polar surface area (TPSA) is 46.9 Å². The monoisotopic (exact) mass is 349 g/mol. The van der Waals surface area contributed by atoms with Crippen molar-refractivity contribution in [1.82, 2.24) is 9.78 Å². The maximum Gasteiger partial charge on any atom is 0.276 e. The molecule has 1 N–H and O–H groups in total. The van der Waals surface area contributed by atoms with Crippen LogP contribution in [0.2, 0.25) is 0 Å². The van der Waals surface area contributed by atoms with Gasteiger partial charge in [-0.25, -0.2) is 9.07 Å². The number of rotatable bonds is 3. The van der Waals surface area contributed by atoms with Crippen LogP contribution in [0, 0.1) is 19.7 Å². The molecule has 1 aliphatic rings. The van der Waals surface area contributed by atoms with E-state index < -0.39 is 0 Å². The third-order valence-electron chi connectivity index (χ3n) is 5.07. The summed E-state index contributed by atoms with van der Waals surface area (Å²) in [7, 11) is 0. The van der Waals surface area contributed by atoms with Crippen molar-refractivity contribution in [3.8, 4) is 5.69 Å². The Morgan fingerprint density at radius 1 is 1.12 bits per heavy atom. The van der Waals surface area contributed by atoms with Crippen molar-refractivity contribution < 1.29 is 9.18 Å². The Kier molecular flexibility index (Phi) is 4.07. The Morgan fingerprint density at radius 2 is 1.88 bits per heavy atom. The summed E-state index contributed by atoms with van der Waals surface area (Å²) in [6.45, 7) is 4.01. The van der Waals surface area contributed by atoms with Crippen LogP contribution in [0.15, 0.2) is 42.5 Å². The Labute approximate surface area is 151 Å². The summed E-state index contributed by atoms with van der Waals surface area (Å²) in [5, 5.41) is 7.56. The third-order valence-corrected chi connectivity index (χ3v) is 5.07. The smallest absolute Gasteiger partial charge is 0.276 e. The molecule has 0 aliphatic heterocycles. The molecule has 3 aromatic rings. The van der Waals surface area contributed by atoms with Gasteiger partial charge in [0.15, 0.2) is 5.69 Å². The van der Waals surface area contributed by atoms with Crippen LogP contribution < -0.4 is 5.32 Å². The maximum absolute atomic E-state index is 13.2. The summed E-state index contributed by atoms with van der Waals surface area (Å²) >= 11 is 0. The number of amides is 1. The summed E-state index contributed by atoms with van der Waals surface area (Å²) in [6, 6.07) is 12.0. The predicted molar refractivity (Wildman–Crippen MR) is 99.4 cm³/mol. The lowest BCUT2D eigenvalue weighted by molar-refractivity contribution is 0.102. The number of aromatic nitrogens is 2. The van der Waals surface area contributed by atoms with Gasteiger partial charge in [-0.05, 0) is 74.6 Å². The molecule has 26 heavy (non-hydrogen) atoms. The molecular formula is C21H20FN3O. The molecule has 1 aliphatic carbocycles. The van der Waals surface area contributed by atoms with E-state index in [1.807, 2.05) is 32.0 Å². The van der Waals surface area contributed by atoms with Gasteiger partial charge in [0.25, 0.3) is 5.91 Å². The number of hydrogen-bond donors (Lipinski definition) is 1. The van der Waals surface area contributed by atoms with Crippen molar-refractivity contribution in [2.75, 3.05) is 5.32 Å². The van der Waals surface area contributed by atoms with Crippen LogP contribution in [0.1, 0.15) is 39.3 Å². The van der Waals surface area contributed by atoms with Crippen molar-refractivity contribution in [2.24, 2.45) is 0 Å². The van der Waals surface area contributed by atoms with Gasteiger partial charge in [0.2, 0.25) is 0 Å². The first-order valence-electron chi connectivity index (χ1n) is 8.79. The summed E-state index contributed by atoms with van der Waals surface area (Å²) < 4.78 is 15.0. The summed E-state index contributed by atoms with van der Waals surface area (Å²) in [4.78, 5) is 12.9. The minimum absolute atomic E-state index is 0.197. The van der Waals surface area contributed by atoms with E-state index in [-0.39, 0.29) is 11.7 Å². The molecule has 2 aromatic carbocycles. The summed E-state index contributed by atoms with van der Waals surface area (Å²) in [6.07, 6.45) is 2.71. The van der Waals surface area contributed by atoms with E-state index in [1.54, 1.807) is 16.8 Å². The minimum Gasteiger partial charge on any atom is -0.320 e. The highest BCUT2D eigenvalue weighted by molar-refractivity contribution is 6.04. The van der Waals surface area contributed by atoms with Crippen LogP contribution in [0.5, 0.6) is 0 Å². The number of hydrogen-bond acceptors (Lipinski definition) is 2. The molecule has 0 saturated heterocycles. The van der Waals surface area contributed by atoms with Gasteiger partial charge in [-0.2, -0.15) is 5.10 Å². The average Bonchev–Trinajstić information content (AvgIpc) is 3.22. The predicted octanol–water partition coefficient (Wildman–Crippen LogP) is 4.37. The molecule has 0 bridgehead atoms. The molecule has 0 spiro atoms. The third kappa shape index (κ3) is 2.79. The van der Waals surface area contributed by atoms with E-state index in [0.717, 1.165) is 53.0 Å². The summed E-state index contributed by atoms with van der Waals surface area (Å²) in [5.74, 6) is -0.483. The molecule has 0 atom stereocenters. The molecule has 0 fully saturated rings. The molecule has 132 valence electrons. The number of anilines is 1. The standard InChI is InChI=1S/C21H20FN3O/c1-13-5-3-7-18(14(13)2)23-21(26)20-17-6-4-8-19(17)25(24-20)16-11-9-15(22)10-12-16/h3,5,7,9-12H,4,6,8H2,1-2H3,(H,23,26). The van der Waals surface area contributed by atoms with Crippen molar-refractivity contribution in [3.05, 3.63) is 76.4 Å². The van der Waals surface area contributed by atoms with Gasteiger partial charge in [0, 0.05) is 16.9 Å². The van der Waals surface area contributed by atoms with Gasteiger partial charge in [0.1, 0.15) is 5.82 Å². The van der Waals surface area contributed by atoms with E-state index in [0.29, 0.717) is 5.69 Å². The van der Waals surface area contributed by atoms with Crippen LogP contribution in [-0.2, 0) is 12.8 Å². The highest BCUT2D eigenvalue weighted by atomic mass is 19.1. The normalized spacial score (nSPS) is 12.9. The first-order valence-corrected chi connectivity index (χ1v) is 8.79. The molecule has 1 heterocycles. The number of halogens is 1. The number of carbonyl (C=O) groups excluding carboxylic acids is 1. The zero-order chi connectivity index (χ0) is 18.3. The SMILES string of the molecule is Cc1cccc(NC(=O)c2nn(-c3ccc(F)cc3)c3c2CCC3)c1C. The highest BCUT2D eigenvalue weighted by Crippen LogP contribution is 2.29. The lowest BCUT2D eigenvalue weighted by Gasteiger charge is -2.10. The minimum atomic E-state index is -0.287. The lowest BCUT2D eigenvalue weighted by atomic mass is 10.1. The average molecular weight is 349 g/mol. The largest absolute Gasteiger partial charge is 0.320 e. The number of carbonyl (C=O) groups is 1. The van der Waals surface area contributed by atoms with E-state index in [9.17, 15) is 9.18 Å². The van der Waals surface area contributed by atoms with Crippen LogP contribution in [-0.4, -0.2) is 15.7 Å². The van der Waals surface area contributed by atoms with Crippen molar-refractivity contribution in [1.29, 1.82) is 0 Å². The molecule has 4 nitrogen and oxygen atoms in total. The number of aryl methyl sites for hydroxylation is 1. The number of benzene rings is 2. The molecule has 1 amide bonds. The molecule has 1 aromatic heterocycles. The van der Waals surface area contributed by atoms with Gasteiger partial charge >= 0.3 is 0 Å². The fourth-order valence-electron chi connectivity index (χ4n) is 3.48. The van der Waals surface area contributed by atoms with Crippen molar-refractivity contribution in [2.45, 2.75) is 33.1 Å². The van der Waals surface area contributed by atoms with E-state index in [2.05, 4.69) is 10.4 Å². The molecule has 4 rings (SSSR count). The highest BCUT2D eigenvalue weighted by Gasteiger charge is 2.27. The van der Waals surface area contributed by atoms with Crippen LogP contribution in [0.4, 0.5) is 10.1 Å². The Balaban J connectivity index is 1.71. The summed E-state index contributed by atoms with van der Waals surface area (Å²) in [5.41, 5.74) is 6.26. The van der Waals surface area contributed by atoms with Gasteiger partial charge in [-0.1, -0.05) is 12.1 Å². The van der Waals surface area contributed by atoms with Crippen LogP contribution in [0.3, 0.4) is 0 Å². The zero-order valence-corrected chi connectivity index (χ0v) is 14.8. The van der Waals surface area contributed by atoms with Crippen LogP contribution >= 0.6 is 0 Å². The fraction of sp³-hybridized carbons (Fsp3) is 0.238. The Morgan fingerprint density at radius 3 is 2.65 bits per heavy atom. The van der Waals surface area contributed by atoms with Crippen LogP contribution in [0.25, 0.3) is 5.69 Å². The van der Waals surface area contributed by atoms with Gasteiger partial charge < -0.3 is 5.32 Å². The molecule has 0 radical (unpaired) electrons. The van der Waals surface area contributed by atoms with E-state index in [1.165, 1.54) is 12.1 Å². The molecule has 5 heteroatoms. The second-order valence-corrected chi connectivity index (χ2v) is 6.72. The van der Waals surface area contributed by atoms with Gasteiger partial charge in [0.05, 0.1) is 5.69 Å². The lowest BCUT2D eigenvalue weighted by Crippen LogP contribution is -2.16. The first-order chi connectivity index (χ1) is 12.5. The Bertz CT molecular complexity index is 989. The quantitative estimate of drug-likeness (QED) is 0.763. The number of nitrogens with one attached hydrogen (secondary N) is 1. The fourth-order valence-corrected chi connectivity index (χ4v) is 3.48. The second kappa shape index (κ2) is 6.41. The van der Waals surface area contributed by atoms with Crippen molar-refractivity contribution >= 4 is 11.6 Å².